The van der Waals surface area contributed by atoms with Crippen LogP contribution in [-0.2, 0) is 6.18 Å². The van der Waals surface area contributed by atoms with E-state index in [4.69, 9.17) is 0 Å². The number of aryl methyl sites for hydroxylation is 2. The molecule has 33 heavy (non-hydrogen) atoms. The zero-order valence-electron chi connectivity index (χ0n) is 18.1. The van der Waals surface area contributed by atoms with Crippen molar-refractivity contribution in [3.05, 3.63) is 102 Å². The van der Waals surface area contributed by atoms with E-state index in [2.05, 4.69) is 10.1 Å². The number of benzene rings is 3. The van der Waals surface area contributed by atoms with Crippen LogP contribution >= 0.6 is 0 Å². The van der Waals surface area contributed by atoms with E-state index in [0.29, 0.717) is 17.0 Å². The number of halogens is 3. The molecule has 0 aliphatic heterocycles. The fourth-order valence-corrected chi connectivity index (χ4v) is 3.89. The molecule has 6 heteroatoms. The largest absolute Gasteiger partial charge is 0.435 e. The number of hydrogen-bond acceptors (Lipinski definition) is 2. The van der Waals surface area contributed by atoms with Gasteiger partial charge < -0.3 is 0 Å². The topological polar surface area (TPSA) is 30.2 Å². The minimum absolute atomic E-state index is 0.0228. The van der Waals surface area contributed by atoms with Crippen molar-refractivity contribution in [1.29, 1.82) is 0 Å². The summed E-state index contributed by atoms with van der Waals surface area (Å²) in [7, 11) is 0. The normalized spacial score (nSPS) is 11.8. The maximum Gasteiger partial charge on any atom is 0.435 e. The molecule has 3 aromatic carbocycles. The Hall–Kier alpha value is -3.93. The Morgan fingerprint density at radius 1 is 0.697 bits per heavy atom. The van der Waals surface area contributed by atoms with Crippen molar-refractivity contribution in [3.8, 4) is 33.6 Å². The van der Waals surface area contributed by atoms with Crippen LogP contribution in [0.5, 0.6) is 0 Å². The van der Waals surface area contributed by atoms with Crippen LogP contribution in [0.3, 0.4) is 0 Å². The molecule has 0 atom stereocenters. The number of rotatable bonds is 3. The Bertz CT molecular complexity index is 1430. The van der Waals surface area contributed by atoms with Crippen molar-refractivity contribution in [3.63, 3.8) is 0 Å². The van der Waals surface area contributed by atoms with Gasteiger partial charge in [0.05, 0.1) is 17.0 Å². The summed E-state index contributed by atoms with van der Waals surface area (Å²) >= 11 is 0. The fourth-order valence-electron chi connectivity index (χ4n) is 3.89. The Kier molecular flexibility index (Phi) is 5.01. The van der Waals surface area contributed by atoms with Gasteiger partial charge in [-0.15, -0.1) is 0 Å². The summed E-state index contributed by atoms with van der Waals surface area (Å²) in [5.41, 5.74) is 4.48. The summed E-state index contributed by atoms with van der Waals surface area (Å²) in [6, 6.07) is 25.7. The Balaban J connectivity index is 1.89. The molecular weight excluding hydrogens is 423 g/mol. The average Bonchev–Trinajstić information content (AvgIpc) is 3.20. The molecule has 0 aliphatic carbocycles. The minimum atomic E-state index is -4.63. The zero-order chi connectivity index (χ0) is 23.2. The van der Waals surface area contributed by atoms with Crippen LogP contribution in [0, 0.1) is 13.8 Å². The van der Waals surface area contributed by atoms with E-state index in [-0.39, 0.29) is 11.2 Å². The van der Waals surface area contributed by atoms with E-state index in [1.165, 1.54) is 4.52 Å². The van der Waals surface area contributed by atoms with Gasteiger partial charge in [0.15, 0.2) is 11.3 Å². The number of alkyl halides is 3. The molecule has 0 fully saturated rings. The molecule has 5 rings (SSSR count). The first-order valence-electron chi connectivity index (χ1n) is 10.5. The molecule has 0 bridgehead atoms. The lowest BCUT2D eigenvalue weighted by molar-refractivity contribution is -0.140. The highest BCUT2D eigenvalue weighted by molar-refractivity contribution is 5.84. The summed E-state index contributed by atoms with van der Waals surface area (Å²) in [5, 5.41) is 4.04. The lowest BCUT2D eigenvalue weighted by Crippen LogP contribution is -2.08. The zero-order valence-corrected chi connectivity index (χ0v) is 18.1. The molecule has 0 radical (unpaired) electrons. The van der Waals surface area contributed by atoms with Crippen molar-refractivity contribution in [2.24, 2.45) is 0 Å². The van der Waals surface area contributed by atoms with E-state index in [1.54, 1.807) is 36.4 Å². The quantitative estimate of drug-likeness (QED) is 0.291. The Morgan fingerprint density at radius 3 is 1.85 bits per heavy atom. The molecule has 0 unspecified atom stereocenters. The van der Waals surface area contributed by atoms with E-state index >= 15 is 0 Å². The minimum Gasteiger partial charge on any atom is -0.228 e. The van der Waals surface area contributed by atoms with E-state index in [1.807, 2.05) is 62.4 Å². The number of aromatic nitrogens is 3. The molecule has 0 N–H and O–H groups in total. The van der Waals surface area contributed by atoms with Crippen LogP contribution in [0.1, 0.15) is 16.8 Å². The second-order valence-electron chi connectivity index (χ2n) is 8.08. The molecule has 2 aromatic heterocycles. The lowest BCUT2D eigenvalue weighted by Gasteiger charge is -2.10. The fraction of sp³-hybridized carbons (Fsp3) is 0.111. The highest BCUT2D eigenvalue weighted by Crippen LogP contribution is 2.40. The first kappa shape index (κ1) is 20.9. The molecule has 0 aliphatic rings. The van der Waals surface area contributed by atoms with Crippen LogP contribution in [-0.4, -0.2) is 14.6 Å². The van der Waals surface area contributed by atoms with Gasteiger partial charge >= 0.3 is 6.18 Å². The van der Waals surface area contributed by atoms with Gasteiger partial charge in [0.25, 0.3) is 0 Å². The van der Waals surface area contributed by atoms with Crippen LogP contribution in [0.15, 0.2) is 84.9 Å². The van der Waals surface area contributed by atoms with Gasteiger partial charge in [-0.25, -0.2) is 9.50 Å². The second-order valence-corrected chi connectivity index (χ2v) is 8.08. The third kappa shape index (κ3) is 3.89. The van der Waals surface area contributed by atoms with Crippen LogP contribution in [0.4, 0.5) is 13.2 Å². The van der Waals surface area contributed by atoms with Gasteiger partial charge in [-0.05, 0) is 25.5 Å². The molecule has 0 spiro atoms. The molecular formula is C27H20F3N3. The molecule has 3 nitrogen and oxygen atoms in total. The summed E-state index contributed by atoms with van der Waals surface area (Å²) in [5.74, 6) is 0. The molecule has 0 amide bonds. The Labute approximate surface area is 189 Å². The van der Waals surface area contributed by atoms with Crippen molar-refractivity contribution in [2.45, 2.75) is 20.0 Å². The van der Waals surface area contributed by atoms with Crippen LogP contribution in [0.25, 0.3) is 39.3 Å². The Morgan fingerprint density at radius 2 is 1.27 bits per heavy atom. The van der Waals surface area contributed by atoms with Crippen molar-refractivity contribution in [1.82, 2.24) is 14.6 Å². The van der Waals surface area contributed by atoms with Crippen molar-refractivity contribution in [2.75, 3.05) is 0 Å². The molecule has 2 heterocycles. The summed E-state index contributed by atoms with van der Waals surface area (Å²) in [6.45, 7) is 3.95. The van der Waals surface area contributed by atoms with E-state index in [9.17, 15) is 13.2 Å². The van der Waals surface area contributed by atoms with Crippen LogP contribution < -0.4 is 0 Å². The monoisotopic (exact) mass is 443 g/mol. The highest BCUT2D eigenvalue weighted by Gasteiger charge is 2.39. The average molecular weight is 443 g/mol. The first-order valence-corrected chi connectivity index (χ1v) is 10.5. The smallest absolute Gasteiger partial charge is 0.228 e. The van der Waals surface area contributed by atoms with Gasteiger partial charge in [-0.1, -0.05) is 90.0 Å². The third-order valence-corrected chi connectivity index (χ3v) is 5.61. The molecule has 0 saturated heterocycles. The van der Waals surface area contributed by atoms with E-state index < -0.39 is 11.9 Å². The molecule has 0 saturated carbocycles. The maximum atomic E-state index is 14.1. The number of nitrogens with zero attached hydrogens (tertiary/aromatic N) is 3. The first-order chi connectivity index (χ1) is 15.8. The highest BCUT2D eigenvalue weighted by atomic mass is 19.4. The SMILES string of the molecule is Cc1ccc(-c2cc(-c3ccc(C)cc3)n3nc(C(F)(F)F)c(-c4ccccc4)c3n2)cc1. The standard InChI is InChI=1S/C27H20F3N3/c1-17-8-12-19(13-9-17)22-16-23(20-14-10-18(2)11-15-20)33-26(31-22)24(21-6-4-3-5-7-21)25(32-33)27(28,29)30/h3-16H,1-2H3. The summed E-state index contributed by atoms with van der Waals surface area (Å²) in [4.78, 5) is 4.69. The predicted octanol–water partition coefficient (Wildman–Crippen LogP) is 7.37. The third-order valence-electron chi connectivity index (χ3n) is 5.61. The number of fused-ring (bicyclic) bond motifs is 1. The van der Waals surface area contributed by atoms with Gasteiger partial charge in [0.1, 0.15) is 0 Å². The predicted molar refractivity (Wildman–Crippen MR) is 124 cm³/mol. The molecule has 5 aromatic rings. The van der Waals surface area contributed by atoms with Gasteiger partial charge in [0, 0.05) is 11.1 Å². The summed E-state index contributed by atoms with van der Waals surface area (Å²) < 4.78 is 43.7. The van der Waals surface area contributed by atoms with Crippen molar-refractivity contribution >= 4 is 5.65 Å². The van der Waals surface area contributed by atoms with Crippen molar-refractivity contribution < 1.29 is 13.2 Å². The van der Waals surface area contributed by atoms with Crippen LogP contribution in [0.2, 0.25) is 0 Å². The summed E-state index contributed by atoms with van der Waals surface area (Å²) in [6.07, 6.45) is -4.63. The van der Waals surface area contributed by atoms with Gasteiger partial charge in [-0.3, -0.25) is 0 Å². The maximum absolute atomic E-state index is 14.1. The lowest BCUT2D eigenvalue weighted by atomic mass is 10.0. The number of hydrogen-bond donors (Lipinski definition) is 0. The van der Waals surface area contributed by atoms with Gasteiger partial charge in [0.2, 0.25) is 0 Å². The van der Waals surface area contributed by atoms with E-state index in [0.717, 1.165) is 22.3 Å². The second kappa shape index (κ2) is 7.89. The molecule has 164 valence electrons. The van der Waals surface area contributed by atoms with Gasteiger partial charge in [-0.2, -0.15) is 18.3 Å².